The van der Waals surface area contributed by atoms with Gasteiger partial charge in [-0.3, -0.25) is 0 Å². The van der Waals surface area contributed by atoms with Crippen molar-refractivity contribution in [3.63, 3.8) is 0 Å². The van der Waals surface area contributed by atoms with Crippen molar-refractivity contribution in [2.45, 2.75) is 13.3 Å². The number of aryl methyl sites for hydroxylation is 1. The highest BCUT2D eigenvalue weighted by molar-refractivity contribution is 6.30. The van der Waals surface area contributed by atoms with Crippen molar-refractivity contribution in [2.24, 2.45) is 0 Å². The zero-order chi connectivity index (χ0) is 16.5. The largest absolute Gasteiger partial charge is 0.236 e. The zero-order valence-corrected chi connectivity index (χ0v) is 14.0. The van der Waals surface area contributed by atoms with Gasteiger partial charge in [-0.1, -0.05) is 61.0 Å². The van der Waals surface area contributed by atoms with Gasteiger partial charge in [-0.05, 0) is 30.2 Å². The number of aromatic nitrogens is 3. The van der Waals surface area contributed by atoms with Gasteiger partial charge in [0.15, 0.2) is 5.65 Å². The first-order chi connectivity index (χ1) is 11.8. The molecule has 0 aliphatic heterocycles. The molecule has 4 aromatic rings. The zero-order valence-electron chi connectivity index (χ0n) is 13.3. The van der Waals surface area contributed by atoms with Crippen LogP contribution >= 0.6 is 11.6 Å². The van der Waals surface area contributed by atoms with Crippen LogP contribution in [-0.4, -0.2) is 14.6 Å². The molecule has 0 saturated heterocycles. The molecule has 0 spiro atoms. The highest BCUT2D eigenvalue weighted by Gasteiger charge is 2.17. The standard InChI is InChI=1S/C20H16ClN3/c1-2-17-19(15-9-6-10-16(21)13-15)20-22-12-11-18(24(20)23-17)14-7-4-3-5-8-14/h3-13H,2H2,1H3. The van der Waals surface area contributed by atoms with E-state index in [0.717, 1.165) is 40.1 Å². The van der Waals surface area contributed by atoms with Gasteiger partial charge < -0.3 is 0 Å². The molecule has 0 saturated carbocycles. The molecule has 0 aliphatic rings. The maximum absolute atomic E-state index is 6.19. The predicted octanol–water partition coefficient (Wildman–Crippen LogP) is 5.28. The van der Waals surface area contributed by atoms with Gasteiger partial charge in [-0.15, -0.1) is 0 Å². The highest BCUT2D eigenvalue weighted by Crippen LogP contribution is 2.31. The number of hydrogen-bond donors (Lipinski definition) is 0. The number of hydrogen-bond acceptors (Lipinski definition) is 2. The molecule has 0 aliphatic carbocycles. The number of rotatable bonds is 3. The lowest BCUT2D eigenvalue weighted by Crippen LogP contribution is -1.95. The van der Waals surface area contributed by atoms with Crippen molar-refractivity contribution >= 4 is 17.2 Å². The molecule has 2 aromatic heterocycles. The van der Waals surface area contributed by atoms with E-state index >= 15 is 0 Å². The summed E-state index contributed by atoms with van der Waals surface area (Å²) in [6, 6.07) is 20.1. The van der Waals surface area contributed by atoms with Gasteiger partial charge in [0.2, 0.25) is 0 Å². The second-order valence-electron chi connectivity index (χ2n) is 5.62. The summed E-state index contributed by atoms with van der Waals surface area (Å²) in [5.41, 5.74) is 6.13. The Morgan fingerprint density at radius 1 is 0.958 bits per heavy atom. The van der Waals surface area contributed by atoms with Crippen LogP contribution in [0.2, 0.25) is 5.02 Å². The molecule has 0 unspecified atom stereocenters. The monoisotopic (exact) mass is 333 g/mol. The molecule has 0 fully saturated rings. The smallest absolute Gasteiger partial charge is 0.163 e. The average molecular weight is 334 g/mol. The van der Waals surface area contributed by atoms with E-state index in [-0.39, 0.29) is 0 Å². The fourth-order valence-electron chi connectivity index (χ4n) is 3.00. The maximum Gasteiger partial charge on any atom is 0.163 e. The van der Waals surface area contributed by atoms with Crippen LogP contribution in [0.1, 0.15) is 12.6 Å². The van der Waals surface area contributed by atoms with E-state index in [1.807, 2.05) is 53.2 Å². The molecule has 24 heavy (non-hydrogen) atoms. The molecule has 2 aromatic carbocycles. The van der Waals surface area contributed by atoms with E-state index in [9.17, 15) is 0 Å². The molecule has 0 N–H and O–H groups in total. The van der Waals surface area contributed by atoms with Crippen LogP contribution in [0.25, 0.3) is 28.0 Å². The normalized spacial score (nSPS) is 11.1. The number of fused-ring (bicyclic) bond motifs is 1. The van der Waals surface area contributed by atoms with Gasteiger partial charge in [-0.25, -0.2) is 9.50 Å². The van der Waals surface area contributed by atoms with Crippen LogP contribution in [0.5, 0.6) is 0 Å². The maximum atomic E-state index is 6.19. The molecule has 0 amide bonds. The van der Waals surface area contributed by atoms with Gasteiger partial charge >= 0.3 is 0 Å². The van der Waals surface area contributed by atoms with Crippen molar-refractivity contribution < 1.29 is 0 Å². The van der Waals surface area contributed by atoms with E-state index < -0.39 is 0 Å². The molecule has 2 heterocycles. The lowest BCUT2D eigenvalue weighted by atomic mass is 10.0. The van der Waals surface area contributed by atoms with E-state index in [1.165, 1.54) is 0 Å². The Hall–Kier alpha value is -2.65. The molecule has 3 nitrogen and oxygen atoms in total. The number of benzene rings is 2. The first-order valence-electron chi connectivity index (χ1n) is 7.96. The topological polar surface area (TPSA) is 30.2 Å². The molecule has 4 rings (SSSR count). The summed E-state index contributed by atoms with van der Waals surface area (Å²) in [5.74, 6) is 0. The fraction of sp³-hybridized carbons (Fsp3) is 0.100. The highest BCUT2D eigenvalue weighted by atomic mass is 35.5. The van der Waals surface area contributed by atoms with Crippen LogP contribution in [0, 0.1) is 0 Å². The van der Waals surface area contributed by atoms with Crippen molar-refractivity contribution in [3.05, 3.63) is 77.6 Å². The molecule has 0 bridgehead atoms. The van der Waals surface area contributed by atoms with Gasteiger partial charge in [0.1, 0.15) is 0 Å². The molecule has 4 heteroatoms. The summed E-state index contributed by atoms with van der Waals surface area (Å²) in [6.45, 7) is 2.11. The Balaban J connectivity index is 2.02. The lowest BCUT2D eigenvalue weighted by Gasteiger charge is -2.05. The SMILES string of the molecule is CCc1nn2c(-c3ccccc3)ccnc2c1-c1cccc(Cl)c1. The quantitative estimate of drug-likeness (QED) is 0.510. The third kappa shape index (κ3) is 2.47. The molecule has 0 radical (unpaired) electrons. The summed E-state index contributed by atoms with van der Waals surface area (Å²) in [7, 11) is 0. The van der Waals surface area contributed by atoms with Gasteiger partial charge in [0, 0.05) is 22.3 Å². The second-order valence-corrected chi connectivity index (χ2v) is 6.05. The first-order valence-corrected chi connectivity index (χ1v) is 8.33. The summed E-state index contributed by atoms with van der Waals surface area (Å²) < 4.78 is 1.93. The van der Waals surface area contributed by atoms with Gasteiger partial charge in [0.25, 0.3) is 0 Å². The van der Waals surface area contributed by atoms with Crippen LogP contribution in [0.15, 0.2) is 66.9 Å². The summed E-state index contributed by atoms with van der Waals surface area (Å²) in [4.78, 5) is 4.60. The van der Waals surface area contributed by atoms with Gasteiger partial charge in [-0.2, -0.15) is 5.10 Å². The van der Waals surface area contributed by atoms with Crippen molar-refractivity contribution in [1.82, 2.24) is 14.6 Å². The molecular formula is C20H16ClN3. The van der Waals surface area contributed by atoms with Gasteiger partial charge in [0.05, 0.1) is 11.4 Å². The van der Waals surface area contributed by atoms with E-state index in [4.69, 9.17) is 16.7 Å². The Morgan fingerprint density at radius 2 is 1.75 bits per heavy atom. The van der Waals surface area contributed by atoms with E-state index in [0.29, 0.717) is 5.02 Å². The van der Waals surface area contributed by atoms with Crippen molar-refractivity contribution in [2.75, 3.05) is 0 Å². The molecular weight excluding hydrogens is 318 g/mol. The predicted molar refractivity (Wildman–Crippen MR) is 98.2 cm³/mol. The van der Waals surface area contributed by atoms with Crippen molar-refractivity contribution in [3.8, 4) is 22.4 Å². The second kappa shape index (κ2) is 6.10. The van der Waals surface area contributed by atoms with E-state index in [2.05, 4.69) is 30.1 Å². The summed E-state index contributed by atoms with van der Waals surface area (Å²) >= 11 is 6.19. The Bertz CT molecular complexity index is 1010. The third-order valence-corrected chi connectivity index (χ3v) is 4.34. The van der Waals surface area contributed by atoms with Crippen LogP contribution in [0.4, 0.5) is 0 Å². The average Bonchev–Trinajstić information content (AvgIpc) is 3.01. The molecule has 0 atom stereocenters. The lowest BCUT2D eigenvalue weighted by molar-refractivity contribution is 0.894. The minimum absolute atomic E-state index is 0.716. The Labute approximate surface area is 145 Å². The van der Waals surface area contributed by atoms with Crippen LogP contribution in [-0.2, 0) is 6.42 Å². The minimum Gasteiger partial charge on any atom is -0.236 e. The van der Waals surface area contributed by atoms with E-state index in [1.54, 1.807) is 0 Å². The summed E-state index contributed by atoms with van der Waals surface area (Å²) in [5, 5.41) is 5.54. The molecule has 118 valence electrons. The van der Waals surface area contributed by atoms with Crippen LogP contribution in [0.3, 0.4) is 0 Å². The Kier molecular flexibility index (Phi) is 3.79. The minimum atomic E-state index is 0.716. The summed E-state index contributed by atoms with van der Waals surface area (Å²) in [6.07, 6.45) is 2.67. The first kappa shape index (κ1) is 14.9. The fourth-order valence-corrected chi connectivity index (χ4v) is 3.19. The van der Waals surface area contributed by atoms with Crippen LogP contribution < -0.4 is 0 Å². The Morgan fingerprint density at radius 3 is 2.50 bits per heavy atom. The number of nitrogens with zero attached hydrogens (tertiary/aromatic N) is 3. The van der Waals surface area contributed by atoms with Crippen molar-refractivity contribution in [1.29, 1.82) is 0 Å². The third-order valence-electron chi connectivity index (χ3n) is 4.11. The number of halogens is 1.